The van der Waals surface area contributed by atoms with Crippen molar-refractivity contribution >= 4 is 0 Å². The van der Waals surface area contributed by atoms with Crippen molar-refractivity contribution in [1.29, 1.82) is 0 Å². The minimum absolute atomic E-state index is 0.0588. The fraction of sp³-hybridized carbons (Fsp3) is 0.931. The van der Waals surface area contributed by atoms with E-state index < -0.39 is 0 Å². The summed E-state index contributed by atoms with van der Waals surface area (Å²) in [6.07, 6.45) is 30.8. The van der Waals surface area contributed by atoms with Crippen LogP contribution in [0, 0.1) is 0 Å². The van der Waals surface area contributed by atoms with E-state index in [4.69, 9.17) is 9.47 Å². The Hall–Kier alpha value is -0.380. The Morgan fingerprint density at radius 1 is 0.562 bits per heavy atom. The average Bonchev–Trinajstić information content (AvgIpc) is 2.81. The van der Waals surface area contributed by atoms with E-state index >= 15 is 0 Å². The van der Waals surface area contributed by atoms with Crippen LogP contribution in [0.5, 0.6) is 0 Å². The molecule has 3 nitrogen and oxygen atoms in total. The van der Waals surface area contributed by atoms with Gasteiger partial charge < -0.3 is 14.6 Å². The largest absolute Gasteiger partial charge is 0.394 e. The van der Waals surface area contributed by atoms with Crippen LogP contribution < -0.4 is 0 Å². The van der Waals surface area contributed by atoms with Crippen LogP contribution in [0.2, 0.25) is 0 Å². The third-order valence-corrected chi connectivity index (χ3v) is 6.16. The van der Waals surface area contributed by atoms with E-state index in [0.717, 1.165) is 26.1 Å². The highest BCUT2D eigenvalue weighted by Crippen LogP contribution is 2.10. The molecule has 0 saturated carbocycles. The summed E-state index contributed by atoms with van der Waals surface area (Å²) in [7, 11) is 0. The third kappa shape index (κ3) is 25.9. The molecule has 0 amide bonds. The van der Waals surface area contributed by atoms with Gasteiger partial charge in [0.25, 0.3) is 0 Å². The van der Waals surface area contributed by atoms with Gasteiger partial charge >= 0.3 is 0 Å². The molecule has 0 aliphatic rings. The highest BCUT2D eigenvalue weighted by molar-refractivity contribution is 4.81. The van der Waals surface area contributed by atoms with Gasteiger partial charge in [-0.1, -0.05) is 116 Å². The van der Waals surface area contributed by atoms with Gasteiger partial charge in [0.15, 0.2) is 0 Å². The maximum Gasteiger partial charge on any atom is 0.104 e. The van der Waals surface area contributed by atoms with E-state index in [2.05, 4.69) is 26.0 Å². The number of allylic oxidation sites excluding steroid dienone is 2. The molecular formula is C29H58O3. The van der Waals surface area contributed by atoms with Crippen LogP contribution in [0.15, 0.2) is 12.2 Å². The first-order valence-corrected chi connectivity index (χ1v) is 14.3. The molecule has 1 N–H and O–H groups in total. The summed E-state index contributed by atoms with van der Waals surface area (Å²) < 4.78 is 11.5. The highest BCUT2D eigenvalue weighted by Gasteiger charge is 2.07. The minimum Gasteiger partial charge on any atom is -0.394 e. The van der Waals surface area contributed by atoms with Crippen molar-refractivity contribution in [2.24, 2.45) is 0 Å². The van der Waals surface area contributed by atoms with Crippen LogP contribution in [0.3, 0.4) is 0 Å². The highest BCUT2D eigenvalue weighted by atomic mass is 16.5. The average molecular weight is 455 g/mol. The van der Waals surface area contributed by atoms with Gasteiger partial charge in [0.1, 0.15) is 6.10 Å². The summed E-state index contributed by atoms with van der Waals surface area (Å²) in [5.74, 6) is 0. The molecule has 32 heavy (non-hydrogen) atoms. The predicted octanol–water partition coefficient (Wildman–Crippen LogP) is 8.78. The normalized spacial score (nSPS) is 12.7. The molecule has 0 fully saturated rings. The minimum atomic E-state index is -0.153. The maximum absolute atomic E-state index is 9.43. The van der Waals surface area contributed by atoms with E-state index in [1.807, 2.05) is 0 Å². The molecule has 0 saturated heterocycles. The Labute approximate surface area is 201 Å². The molecule has 0 rings (SSSR count). The van der Waals surface area contributed by atoms with Crippen molar-refractivity contribution in [3.63, 3.8) is 0 Å². The molecule has 0 spiro atoms. The number of aliphatic hydroxyl groups excluding tert-OH is 1. The molecule has 0 heterocycles. The van der Waals surface area contributed by atoms with E-state index in [1.165, 1.54) is 116 Å². The molecule has 3 heteroatoms. The van der Waals surface area contributed by atoms with Crippen LogP contribution in [-0.2, 0) is 9.47 Å². The van der Waals surface area contributed by atoms with Crippen LogP contribution in [0.4, 0.5) is 0 Å². The zero-order chi connectivity index (χ0) is 23.4. The zero-order valence-electron chi connectivity index (χ0n) is 22.0. The first-order chi connectivity index (χ1) is 15.8. The monoisotopic (exact) mass is 454 g/mol. The second kappa shape index (κ2) is 28.7. The molecule has 0 aromatic carbocycles. The second-order valence-corrected chi connectivity index (χ2v) is 9.46. The Morgan fingerprint density at radius 3 is 1.50 bits per heavy atom. The van der Waals surface area contributed by atoms with Crippen LogP contribution >= 0.6 is 0 Å². The van der Waals surface area contributed by atoms with Gasteiger partial charge in [-0.2, -0.15) is 0 Å². The zero-order valence-corrected chi connectivity index (χ0v) is 22.0. The summed E-state index contributed by atoms with van der Waals surface area (Å²) in [5.41, 5.74) is 0. The summed E-state index contributed by atoms with van der Waals surface area (Å²) in [4.78, 5) is 0. The number of unbranched alkanes of at least 4 members (excludes halogenated alkanes) is 17. The molecule has 0 radical (unpaired) electrons. The van der Waals surface area contributed by atoms with Crippen LogP contribution in [0.1, 0.15) is 142 Å². The Morgan fingerprint density at radius 2 is 1.00 bits per heavy atom. The first-order valence-electron chi connectivity index (χ1n) is 14.3. The fourth-order valence-corrected chi connectivity index (χ4v) is 3.95. The number of hydrogen-bond donors (Lipinski definition) is 1. The van der Waals surface area contributed by atoms with Gasteiger partial charge in [-0.15, -0.1) is 0 Å². The quantitative estimate of drug-likeness (QED) is 0.0995. The topological polar surface area (TPSA) is 38.7 Å². The standard InChI is InChI=1S/C29H58O3/c1-3-5-7-9-11-12-13-14-15-16-17-18-19-20-21-23-25-31-28-29(27-30)32-26-24-22-10-8-6-4-2/h14-15,29-30H,3-13,16-28H2,1-2H3/b15-14-. The summed E-state index contributed by atoms with van der Waals surface area (Å²) in [6.45, 7) is 6.64. The second-order valence-electron chi connectivity index (χ2n) is 9.46. The van der Waals surface area contributed by atoms with Crippen LogP contribution in [-0.4, -0.2) is 37.6 Å². The summed E-state index contributed by atoms with van der Waals surface area (Å²) >= 11 is 0. The lowest BCUT2D eigenvalue weighted by molar-refractivity contribution is -0.0437. The van der Waals surface area contributed by atoms with Crippen molar-refractivity contribution in [2.75, 3.05) is 26.4 Å². The smallest absolute Gasteiger partial charge is 0.104 e. The number of hydrogen-bond acceptors (Lipinski definition) is 3. The van der Waals surface area contributed by atoms with E-state index in [-0.39, 0.29) is 12.7 Å². The first kappa shape index (κ1) is 31.6. The van der Waals surface area contributed by atoms with Crippen LogP contribution in [0.25, 0.3) is 0 Å². The van der Waals surface area contributed by atoms with Gasteiger partial charge in [0.2, 0.25) is 0 Å². The molecule has 192 valence electrons. The number of rotatable bonds is 27. The van der Waals surface area contributed by atoms with Gasteiger partial charge in [-0.05, 0) is 38.5 Å². The predicted molar refractivity (Wildman–Crippen MR) is 140 cm³/mol. The lowest BCUT2D eigenvalue weighted by atomic mass is 10.1. The fourth-order valence-electron chi connectivity index (χ4n) is 3.95. The Bertz CT molecular complexity index is 356. The van der Waals surface area contributed by atoms with Gasteiger partial charge in [0, 0.05) is 13.2 Å². The van der Waals surface area contributed by atoms with Gasteiger partial charge in [-0.25, -0.2) is 0 Å². The van der Waals surface area contributed by atoms with Crippen molar-refractivity contribution in [1.82, 2.24) is 0 Å². The van der Waals surface area contributed by atoms with Crippen molar-refractivity contribution in [3.05, 3.63) is 12.2 Å². The SMILES string of the molecule is CCCCCCCC/C=C\CCCCCCCCOCC(CO)OCCCCCCCC. The molecule has 0 aromatic rings. The third-order valence-electron chi connectivity index (χ3n) is 6.16. The number of aliphatic hydroxyl groups is 1. The summed E-state index contributed by atoms with van der Waals surface area (Å²) in [6, 6.07) is 0. The lowest BCUT2D eigenvalue weighted by Gasteiger charge is -2.15. The molecule has 1 atom stereocenters. The number of ether oxygens (including phenoxy) is 2. The van der Waals surface area contributed by atoms with Gasteiger partial charge in [0.05, 0.1) is 13.2 Å². The van der Waals surface area contributed by atoms with Crippen molar-refractivity contribution in [3.8, 4) is 0 Å². The van der Waals surface area contributed by atoms with E-state index in [0.29, 0.717) is 6.61 Å². The summed E-state index contributed by atoms with van der Waals surface area (Å²) in [5, 5.41) is 9.43. The van der Waals surface area contributed by atoms with Crippen molar-refractivity contribution in [2.45, 2.75) is 148 Å². The van der Waals surface area contributed by atoms with E-state index in [1.54, 1.807) is 0 Å². The van der Waals surface area contributed by atoms with E-state index in [9.17, 15) is 5.11 Å². The Kier molecular flexibility index (Phi) is 28.3. The molecule has 1 unspecified atom stereocenters. The molecule has 0 bridgehead atoms. The molecule has 0 aromatic heterocycles. The maximum atomic E-state index is 9.43. The molecule has 0 aliphatic carbocycles. The van der Waals surface area contributed by atoms with Gasteiger partial charge in [-0.3, -0.25) is 0 Å². The molecule has 0 aliphatic heterocycles. The lowest BCUT2D eigenvalue weighted by Crippen LogP contribution is -2.24. The van der Waals surface area contributed by atoms with Crippen molar-refractivity contribution < 1.29 is 14.6 Å². The molecular weight excluding hydrogens is 396 g/mol. The Balaban J connectivity index is 3.27.